The lowest BCUT2D eigenvalue weighted by Gasteiger charge is -2.14. The predicted molar refractivity (Wildman–Crippen MR) is 93.2 cm³/mol. The third-order valence-corrected chi connectivity index (χ3v) is 4.68. The monoisotopic (exact) mass is 280 g/mol. The van der Waals surface area contributed by atoms with E-state index < -0.39 is 0 Å². The van der Waals surface area contributed by atoms with E-state index in [-0.39, 0.29) is 0 Å². The Bertz CT molecular complexity index is 607. The van der Waals surface area contributed by atoms with Crippen LogP contribution in [0.2, 0.25) is 0 Å². The molecule has 0 bridgehead atoms. The van der Waals surface area contributed by atoms with E-state index in [1.807, 2.05) is 0 Å². The van der Waals surface area contributed by atoms with Crippen molar-refractivity contribution in [2.75, 3.05) is 0 Å². The topological polar surface area (TPSA) is 0 Å². The molecule has 0 fully saturated rings. The molecule has 0 aliphatic carbocycles. The summed E-state index contributed by atoms with van der Waals surface area (Å²) < 4.78 is 0. The van der Waals surface area contributed by atoms with Gasteiger partial charge < -0.3 is 0 Å². The molecule has 0 spiro atoms. The molecule has 0 amide bonds. The van der Waals surface area contributed by atoms with Crippen LogP contribution in [0.25, 0.3) is 0 Å². The molecule has 0 unspecified atom stereocenters. The van der Waals surface area contributed by atoms with Gasteiger partial charge in [0.05, 0.1) is 0 Å². The number of hydrogen-bond acceptors (Lipinski definition) is 0. The van der Waals surface area contributed by atoms with Gasteiger partial charge >= 0.3 is 0 Å². The Balaban J connectivity index is 2.22. The van der Waals surface area contributed by atoms with Gasteiger partial charge in [0.2, 0.25) is 0 Å². The number of aryl methyl sites for hydroxylation is 3. The Kier molecular flexibility index (Phi) is 5.22. The number of rotatable bonds is 5. The van der Waals surface area contributed by atoms with Gasteiger partial charge in [-0.1, -0.05) is 57.2 Å². The van der Waals surface area contributed by atoms with Gasteiger partial charge in [-0.3, -0.25) is 0 Å². The third-order valence-electron chi connectivity index (χ3n) is 4.68. The van der Waals surface area contributed by atoms with Crippen molar-refractivity contribution in [3.63, 3.8) is 0 Å². The predicted octanol–water partition coefficient (Wildman–Crippen LogP) is 5.97. The number of hydrogen-bond donors (Lipinski definition) is 0. The molecule has 0 N–H and O–H groups in total. The van der Waals surface area contributed by atoms with Crippen LogP contribution in [-0.2, 0) is 12.8 Å². The summed E-state index contributed by atoms with van der Waals surface area (Å²) in [6.07, 6.45) is 3.36. The van der Waals surface area contributed by atoms with Crippen molar-refractivity contribution in [2.45, 2.75) is 59.8 Å². The van der Waals surface area contributed by atoms with Crippen molar-refractivity contribution in [1.29, 1.82) is 0 Å². The molecule has 0 aromatic heterocycles. The van der Waals surface area contributed by atoms with Gasteiger partial charge in [0.25, 0.3) is 0 Å². The molecular weight excluding hydrogens is 252 g/mol. The molecule has 0 saturated heterocycles. The van der Waals surface area contributed by atoms with E-state index in [2.05, 4.69) is 71.0 Å². The zero-order chi connectivity index (χ0) is 15.4. The fourth-order valence-corrected chi connectivity index (χ4v) is 3.07. The summed E-state index contributed by atoms with van der Waals surface area (Å²) in [5.74, 6) is 0.658. The molecule has 1 atom stereocenters. The maximum atomic E-state index is 2.37. The average Bonchev–Trinajstić information content (AvgIpc) is 2.48. The highest BCUT2D eigenvalue weighted by Crippen LogP contribution is 2.24. The van der Waals surface area contributed by atoms with Crippen molar-refractivity contribution in [1.82, 2.24) is 0 Å². The highest BCUT2D eigenvalue weighted by atomic mass is 14.1. The Morgan fingerprint density at radius 2 is 1.52 bits per heavy atom. The van der Waals surface area contributed by atoms with E-state index in [1.54, 1.807) is 0 Å². The lowest BCUT2D eigenvalue weighted by Crippen LogP contribution is -1.98. The Labute approximate surface area is 130 Å². The summed E-state index contributed by atoms with van der Waals surface area (Å²) in [6.45, 7) is 11.3. The molecule has 2 aromatic rings. The first kappa shape index (κ1) is 15.8. The maximum absolute atomic E-state index is 2.37. The van der Waals surface area contributed by atoms with E-state index in [0.29, 0.717) is 5.92 Å². The third kappa shape index (κ3) is 3.75. The standard InChI is InChI=1S/C21H28/c1-6-15(3)21-11-10-18(12-17(21)5)13-19-9-8-16(4)20(7-2)14-19/h8-12,14-15H,6-7,13H2,1-5H3/t15-/m0/s1. The van der Waals surface area contributed by atoms with E-state index in [0.717, 1.165) is 12.8 Å². The molecule has 0 aliphatic heterocycles. The summed E-state index contributed by atoms with van der Waals surface area (Å²) in [7, 11) is 0. The average molecular weight is 280 g/mol. The van der Waals surface area contributed by atoms with E-state index in [9.17, 15) is 0 Å². The molecule has 0 aliphatic rings. The summed E-state index contributed by atoms with van der Waals surface area (Å²) in [5.41, 5.74) is 8.66. The molecule has 0 heteroatoms. The van der Waals surface area contributed by atoms with Crippen LogP contribution in [0.15, 0.2) is 36.4 Å². The molecule has 21 heavy (non-hydrogen) atoms. The quantitative estimate of drug-likeness (QED) is 0.633. The van der Waals surface area contributed by atoms with E-state index in [1.165, 1.54) is 39.8 Å². The van der Waals surface area contributed by atoms with Gasteiger partial charge in [-0.25, -0.2) is 0 Å². The molecule has 0 radical (unpaired) electrons. The van der Waals surface area contributed by atoms with Crippen molar-refractivity contribution in [3.8, 4) is 0 Å². The van der Waals surface area contributed by atoms with Gasteiger partial charge in [-0.2, -0.15) is 0 Å². The van der Waals surface area contributed by atoms with Crippen LogP contribution in [0.4, 0.5) is 0 Å². The Morgan fingerprint density at radius 1 is 0.857 bits per heavy atom. The van der Waals surface area contributed by atoms with E-state index >= 15 is 0 Å². The van der Waals surface area contributed by atoms with Crippen LogP contribution in [0, 0.1) is 13.8 Å². The minimum atomic E-state index is 0.658. The fraction of sp³-hybridized carbons (Fsp3) is 0.429. The molecule has 112 valence electrons. The van der Waals surface area contributed by atoms with Crippen LogP contribution in [-0.4, -0.2) is 0 Å². The first-order valence-electron chi connectivity index (χ1n) is 8.23. The summed E-state index contributed by atoms with van der Waals surface area (Å²) >= 11 is 0. The number of benzene rings is 2. The van der Waals surface area contributed by atoms with Crippen molar-refractivity contribution in [2.24, 2.45) is 0 Å². The fourth-order valence-electron chi connectivity index (χ4n) is 3.07. The van der Waals surface area contributed by atoms with Crippen LogP contribution < -0.4 is 0 Å². The second-order valence-electron chi connectivity index (χ2n) is 6.29. The molecule has 2 aromatic carbocycles. The lowest BCUT2D eigenvalue weighted by molar-refractivity contribution is 0.727. The Morgan fingerprint density at radius 3 is 2.14 bits per heavy atom. The first-order chi connectivity index (χ1) is 10.0. The van der Waals surface area contributed by atoms with Crippen LogP contribution in [0.1, 0.15) is 66.5 Å². The minimum absolute atomic E-state index is 0.658. The maximum Gasteiger partial charge on any atom is -0.00256 e. The molecule has 2 rings (SSSR count). The molecule has 0 nitrogen and oxygen atoms in total. The van der Waals surface area contributed by atoms with Gasteiger partial charge in [0, 0.05) is 0 Å². The first-order valence-corrected chi connectivity index (χ1v) is 8.23. The summed E-state index contributed by atoms with van der Waals surface area (Å²) in [6, 6.07) is 13.9. The van der Waals surface area contributed by atoms with Gasteiger partial charge in [0.15, 0.2) is 0 Å². The highest BCUT2D eigenvalue weighted by Gasteiger charge is 2.07. The van der Waals surface area contributed by atoms with Gasteiger partial charge in [-0.05, 0) is 72.4 Å². The SMILES string of the molecule is CCc1cc(Cc2ccc([C@@H](C)CC)c(C)c2)ccc1C. The van der Waals surface area contributed by atoms with Crippen molar-refractivity contribution < 1.29 is 0 Å². The van der Waals surface area contributed by atoms with E-state index in [4.69, 9.17) is 0 Å². The lowest BCUT2D eigenvalue weighted by atomic mass is 9.91. The van der Waals surface area contributed by atoms with Crippen molar-refractivity contribution in [3.05, 3.63) is 69.8 Å². The minimum Gasteiger partial charge on any atom is -0.0648 e. The van der Waals surface area contributed by atoms with Gasteiger partial charge in [0.1, 0.15) is 0 Å². The van der Waals surface area contributed by atoms with Crippen molar-refractivity contribution >= 4 is 0 Å². The second kappa shape index (κ2) is 6.93. The zero-order valence-corrected chi connectivity index (χ0v) is 14.2. The van der Waals surface area contributed by atoms with Gasteiger partial charge in [-0.15, -0.1) is 0 Å². The van der Waals surface area contributed by atoms with Crippen LogP contribution in [0.5, 0.6) is 0 Å². The molecular formula is C21H28. The Hall–Kier alpha value is -1.56. The second-order valence-corrected chi connectivity index (χ2v) is 6.29. The van der Waals surface area contributed by atoms with Crippen LogP contribution >= 0.6 is 0 Å². The smallest absolute Gasteiger partial charge is 0.00256 e. The summed E-state index contributed by atoms with van der Waals surface area (Å²) in [5, 5.41) is 0. The molecule has 0 heterocycles. The highest BCUT2D eigenvalue weighted by molar-refractivity contribution is 5.38. The zero-order valence-electron chi connectivity index (χ0n) is 14.2. The molecule has 0 saturated carbocycles. The normalized spacial score (nSPS) is 12.4. The summed E-state index contributed by atoms with van der Waals surface area (Å²) in [4.78, 5) is 0. The van der Waals surface area contributed by atoms with Crippen LogP contribution in [0.3, 0.4) is 0 Å². The largest absolute Gasteiger partial charge is 0.0648 e.